The topological polar surface area (TPSA) is 131 Å². The molecule has 29 heavy (non-hydrogen) atoms. The van der Waals surface area contributed by atoms with Crippen molar-refractivity contribution in [3.8, 4) is 0 Å². The van der Waals surface area contributed by atoms with Gasteiger partial charge in [-0.25, -0.2) is 0 Å². The van der Waals surface area contributed by atoms with Crippen LogP contribution in [0.25, 0.3) is 0 Å². The number of nitrogens with one attached hydrogen (secondary N) is 2. The van der Waals surface area contributed by atoms with Gasteiger partial charge in [0.15, 0.2) is 0 Å². The van der Waals surface area contributed by atoms with Crippen LogP contribution in [0.2, 0.25) is 0 Å². The average molecular weight is 465 g/mol. The lowest BCUT2D eigenvalue weighted by atomic mass is 9.92. The molecule has 0 aromatic carbocycles. The molecule has 0 radical (unpaired) electrons. The zero-order valence-electron chi connectivity index (χ0n) is 15.9. The van der Waals surface area contributed by atoms with Gasteiger partial charge in [-0.3, -0.25) is 4.79 Å². The Morgan fingerprint density at radius 1 is 1.28 bits per heavy atom. The second-order valence-corrected chi connectivity index (χ2v) is 9.42. The van der Waals surface area contributed by atoms with Gasteiger partial charge in [-0.05, 0) is 19.6 Å². The van der Waals surface area contributed by atoms with E-state index in [2.05, 4.69) is 10.6 Å². The van der Waals surface area contributed by atoms with Crippen LogP contribution < -0.4 is 10.6 Å². The Bertz CT molecular complexity index is 557. The van der Waals surface area contributed by atoms with E-state index < -0.39 is 65.9 Å². The number of ether oxygens (including phenoxy) is 1. The molecular formula is C16H27F3N2O6S2. The van der Waals surface area contributed by atoms with E-state index in [9.17, 15) is 38.4 Å². The molecule has 9 unspecified atom stereocenters. The first-order valence-electron chi connectivity index (χ1n) is 9.07. The number of hydrogen-bond donors (Lipinski definition) is 6. The van der Waals surface area contributed by atoms with Crippen LogP contribution in [0.1, 0.15) is 13.3 Å². The Morgan fingerprint density at radius 2 is 1.93 bits per heavy atom. The van der Waals surface area contributed by atoms with Crippen molar-refractivity contribution in [1.29, 1.82) is 0 Å². The van der Waals surface area contributed by atoms with E-state index in [-0.39, 0.29) is 18.2 Å². The van der Waals surface area contributed by atoms with Gasteiger partial charge in [0.1, 0.15) is 29.9 Å². The van der Waals surface area contributed by atoms with Crippen LogP contribution in [-0.2, 0) is 9.53 Å². The lowest BCUT2D eigenvalue weighted by molar-refractivity contribution is -0.211. The van der Waals surface area contributed by atoms with Crippen molar-refractivity contribution in [1.82, 2.24) is 10.6 Å². The van der Waals surface area contributed by atoms with Crippen LogP contribution in [0.15, 0.2) is 0 Å². The summed E-state index contributed by atoms with van der Waals surface area (Å²) in [6.07, 6.45) is -9.25. The molecule has 0 bridgehead atoms. The van der Waals surface area contributed by atoms with Crippen LogP contribution in [0.3, 0.4) is 0 Å². The van der Waals surface area contributed by atoms with Gasteiger partial charge in [0.2, 0.25) is 5.91 Å². The highest BCUT2D eigenvalue weighted by Crippen LogP contribution is 2.30. The zero-order valence-corrected chi connectivity index (χ0v) is 17.5. The summed E-state index contributed by atoms with van der Waals surface area (Å²) in [6.45, 7) is 1.61. The minimum atomic E-state index is -4.28. The minimum absolute atomic E-state index is 0.183. The Morgan fingerprint density at radius 3 is 2.48 bits per heavy atom. The normalized spacial score (nSPS) is 37.9. The van der Waals surface area contributed by atoms with Crippen molar-refractivity contribution in [2.75, 3.05) is 18.6 Å². The summed E-state index contributed by atoms with van der Waals surface area (Å²) < 4.78 is 42.7. The maximum atomic E-state index is 12.6. The molecule has 13 heteroatoms. The Balaban J connectivity index is 1.99. The summed E-state index contributed by atoms with van der Waals surface area (Å²) in [4.78, 5) is 12.6. The molecule has 2 saturated heterocycles. The number of aliphatic hydroxyl groups excluding tert-OH is 4. The van der Waals surface area contributed by atoms with Crippen molar-refractivity contribution in [2.45, 2.75) is 72.8 Å². The Kier molecular flexibility index (Phi) is 8.92. The summed E-state index contributed by atoms with van der Waals surface area (Å²) in [6, 6.07) is -1.85. The highest BCUT2D eigenvalue weighted by Gasteiger charge is 2.48. The molecule has 170 valence electrons. The maximum absolute atomic E-state index is 12.6. The van der Waals surface area contributed by atoms with Gasteiger partial charge >= 0.3 is 6.18 Å². The molecule has 2 rings (SSSR count). The van der Waals surface area contributed by atoms with Gasteiger partial charge < -0.3 is 35.8 Å². The number of rotatable bonds is 7. The maximum Gasteiger partial charge on any atom is 0.397 e. The molecule has 2 fully saturated rings. The van der Waals surface area contributed by atoms with Crippen molar-refractivity contribution in [2.24, 2.45) is 0 Å². The molecule has 0 aromatic rings. The molecule has 1 amide bonds. The Hall–Kier alpha value is -0.280. The monoisotopic (exact) mass is 464 g/mol. The molecule has 2 aliphatic rings. The third-order valence-electron chi connectivity index (χ3n) is 4.91. The highest BCUT2D eigenvalue weighted by atomic mass is 32.2. The van der Waals surface area contributed by atoms with Crippen LogP contribution in [-0.4, -0.2) is 104 Å². The van der Waals surface area contributed by atoms with E-state index in [4.69, 9.17) is 4.74 Å². The molecule has 8 nitrogen and oxygen atoms in total. The van der Waals surface area contributed by atoms with E-state index in [1.165, 1.54) is 6.92 Å². The predicted octanol–water partition coefficient (Wildman–Crippen LogP) is -0.951. The summed E-state index contributed by atoms with van der Waals surface area (Å²) in [5.74, 6) is -1.55. The molecule has 0 saturated carbocycles. The lowest BCUT2D eigenvalue weighted by Gasteiger charge is -2.44. The number of halogens is 3. The summed E-state index contributed by atoms with van der Waals surface area (Å²) in [5.41, 5.74) is -0.871. The van der Waals surface area contributed by atoms with Gasteiger partial charge in [-0.1, -0.05) is 0 Å². The average Bonchev–Trinajstić information content (AvgIpc) is 3.12. The van der Waals surface area contributed by atoms with Crippen molar-refractivity contribution in [3.05, 3.63) is 0 Å². The SMILES string of the molecule is CSC1OC(C(NC(=O)C2CC(SCC(F)(F)F)CN2)C(C)O)C(O)C(O)C1O. The van der Waals surface area contributed by atoms with Gasteiger partial charge in [0.25, 0.3) is 0 Å². The minimum Gasteiger partial charge on any atom is -0.391 e. The Labute approximate surface area is 174 Å². The largest absolute Gasteiger partial charge is 0.397 e. The highest BCUT2D eigenvalue weighted by molar-refractivity contribution is 8.00. The van der Waals surface area contributed by atoms with Crippen LogP contribution in [0.4, 0.5) is 13.2 Å². The van der Waals surface area contributed by atoms with Crippen molar-refractivity contribution >= 4 is 29.4 Å². The molecule has 2 heterocycles. The third kappa shape index (κ3) is 6.60. The van der Waals surface area contributed by atoms with Gasteiger partial charge in [-0.15, -0.1) is 23.5 Å². The fourth-order valence-electron chi connectivity index (χ4n) is 3.35. The number of hydrogen-bond acceptors (Lipinski definition) is 9. The molecule has 2 aliphatic heterocycles. The molecule has 0 aliphatic carbocycles. The number of carbonyl (C=O) groups excluding carboxylic acids is 1. The number of aliphatic hydroxyl groups is 4. The van der Waals surface area contributed by atoms with E-state index in [1.54, 1.807) is 6.26 Å². The lowest BCUT2D eigenvalue weighted by Crippen LogP contribution is -2.65. The van der Waals surface area contributed by atoms with Crippen molar-refractivity contribution in [3.63, 3.8) is 0 Å². The first-order chi connectivity index (χ1) is 13.4. The third-order valence-corrected chi connectivity index (χ3v) is 7.09. The van der Waals surface area contributed by atoms with E-state index in [1.807, 2.05) is 0 Å². The van der Waals surface area contributed by atoms with Crippen LogP contribution >= 0.6 is 23.5 Å². The predicted molar refractivity (Wildman–Crippen MR) is 103 cm³/mol. The molecule has 6 N–H and O–H groups in total. The molecule has 0 spiro atoms. The first-order valence-corrected chi connectivity index (χ1v) is 11.4. The fraction of sp³-hybridized carbons (Fsp3) is 0.938. The number of carbonyl (C=O) groups is 1. The van der Waals surface area contributed by atoms with Gasteiger partial charge in [-0.2, -0.15) is 13.2 Å². The molecular weight excluding hydrogens is 437 g/mol. The molecule has 0 aromatic heterocycles. The summed E-state index contributed by atoms with van der Waals surface area (Å²) in [5, 5.41) is 45.4. The van der Waals surface area contributed by atoms with E-state index in [0.717, 1.165) is 23.5 Å². The first kappa shape index (κ1) is 25.0. The van der Waals surface area contributed by atoms with Gasteiger partial charge in [0, 0.05) is 11.8 Å². The van der Waals surface area contributed by atoms with Crippen molar-refractivity contribution < 1.29 is 43.1 Å². The number of alkyl halides is 3. The molecule has 9 atom stereocenters. The quantitative estimate of drug-likeness (QED) is 0.282. The standard InChI is InChI=1S/C16H27F3N2O6S2/c1-6(22)9(13-11(24)10(23)12(25)15(27-13)28-2)21-14(26)8-3-7(4-20-8)29-5-16(17,18)19/h6-13,15,20,22-25H,3-5H2,1-2H3,(H,21,26). The van der Waals surface area contributed by atoms with E-state index in [0.29, 0.717) is 0 Å². The summed E-state index contributed by atoms with van der Waals surface area (Å²) >= 11 is 1.82. The van der Waals surface area contributed by atoms with Gasteiger partial charge in [0.05, 0.1) is 23.9 Å². The second-order valence-electron chi connectivity index (χ2n) is 7.20. The van der Waals surface area contributed by atoms with Crippen LogP contribution in [0.5, 0.6) is 0 Å². The second kappa shape index (κ2) is 10.4. The van der Waals surface area contributed by atoms with E-state index >= 15 is 0 Å². The van der Waals surface area contributed by atoms with Crippen LogP contribution in [0, 0.1) is 0 Å². The number of thioether (sulfide) groups is 2. The fourth-order valence-corrected chi connectivity index (χ4v) is 5.00. The summed E-state index contributed by atoms with van der Waals surface area (Å²) in [7, 11) is 0. The zero-order chi connectivity index (χ0) is 21.9. The number of amides is 1. The smallest absolute Gasteiger partial charge is 0.391 e.